The number of amides is 1. The molecule has 8 nitrogen and oxygen atoms in total. The topological polar surface area (TPSA) is 110 Å². The second-order valence-electron chi connectivity index (χ2n) is 6.11. The molecule has 9 heteroatoms. The van der Waals surface area contributed by atoms with Gasteiger partial charge in [-0.25, -0.2) is 13.2 Å². The van der Waals surface area contributed by atoms with Gasteiger partial charge in [0.05, 0.1) is 18.6 Å². The van der Waals surface area contributed by atoms with Gasteiger partial charge in [-0.1, -0.05) is 0 Å². The van der Waals surface area contributed by atoms with Crippen molar-refractivity contribution in [3.63, 3.8) is 0 Å². The molecular weight excluding hydrogens is 362 g/mol. The van der Waals surface area contributed by atoms with Crippen LogP contribution in [0.5, 0.6) is 11.5 Å². The van der Waals surface area contributed by atoms with Crippen LogP contribution in [0.25, 0.3) is 0 Å². The van der Waals surface area contributed by atoms with E-state index < -0.39 is 33.9 Å². The molecule has 1 amide bonds. The number of hydrogen-bond donors (Lipinski definition) is 1. The third-order valence-corrected chi connectivity index (χ3v) is 6.08. The fourth-order valence-electron chi connectivity index (χ4n) is 2.93. The standard InChI is InChI=1S/C17H23NO7S/c1-4-18(12-7-8-26(22,23)10-12)16(20)11(2)25-17(21)14-6-5-13(24-3)9-15(14)19/h5-6,9,11-12,19H,4,7-8,10H2,1-3H3. The number of phenolic OH excluding ortho intramolecular Hbond substituents is 1. The van der Waals surface area contributed by atoms with E-state index in [9.17, 15) is 23.1 Å². The Labute approximate surface area is 152 Å². The molecular formula is C17H23NO7S. The van der Waals surface area contributed by atoms with Crippen LogP contribution in [0.3, 0.4) is 0 Å². The number of carbonyl (C=O) groups is 2. The molecule has 1 aromatic rings. The van der Waals surface area contributed by atoms with Gasteiger partial charge in [-0.05, 0) is 32.4 Å². The highest BCUT2D eigenvalue weighted by Gasteiger charge is 2.36. The zero-order valence-electron chi connectivity index (χ0n) is 15.0. The summed E-state index contributed by atoms with van der Waals surface area (Å²) in [4.78, 5) is 26.2. The number of esters is 1. The maximum Gasteiger partial charge on any atom is 0.342 e. The SMILES string of the molecule is CCN(C(=O)C(C)OC(=O)c1ccc(OC)cc1O)C1CCS(=O)(=O)C1. The first-order valence-electron chi connectivity index (χ1n) is 8.27. The highest BCUT2D eigenvalue weighted by Crippen LogP contribution is 2.25. The molecule has 144 valence electrons. The molecule has 1 saturated heterocycles. The normalized spacial score (nSPS) is 19.6. The molecule has 26 heavy (non-hydrogen) atoms. The van der Waals surface area contributed by atoms with Crippen LogP contribution < -0.4 is 4.74 Å². The first-order valence-corrected chi connectivity index (χ1v) is 10.1. The van der Waals surface area contributed by atoms with Crippen molar-refractivity contribution in [1.82, 2.24) is 4.90 Å². The number of likely N-dealkylation sites (N-methyl/N-ethyl adjacent to an activating group) is 1. The van der Waals surface area contributed by atoms with Gasteiger partial charge in [0.1, 0.15) is 17.1 Å². The van der Waals surface area contributed by atoms with Gasteiger partial charge >= 0.3 is 5.97 Å². The second kappa shape index (κ2) is 7.94. The van der Waals surface area contributed by atoms with Crippen molar-refractivity contribution in [2.24, 2.45) is 0 Å². The minimum absolute atomic E-state index is 0.0509. The van der Waals surface area contributed by atoms with Crippen molar-refractivity contribution in [1.29, 1.82) is 0 Å². The number of phenols is 1. The molecule has 0 bridgehead atoms. The van der Waals surface area contributed by atoms with Crippen LogP contribution in [0.1, 0.15) is 30.6 Å². The quantitative estimate of drug-likeness (QED) is 0.727. The van der Waals surface area contributed by atoms with Gasteiger partial charge in [0, 0.05) is 18.7 Å². The third-order valence-electron chi connectivity index (χ3n) is 4.33. The van der Waals surface area contributed by atoms with Gasteiger partial charge in [-0.3, -0.25) is 4.79 Å². The Morgan fingerprint density at radius 2 is 2.08 bits per heavy atom. The summed E-state index contributed by atoms with van der Waals surface area (Å²) in [5.41, 5.74) is -0.0862. The van der Waals surface area contributed by atoms with Crippen LogP contribution in [0, 0.1) is 0 Å². The predicted molar refractivity (Wildman–Crippen MR) is 94.0 cm³/mol. The number of benzene rings is 1. The summed E-state index contributed by atoms with van der Waals surface area (Å²) in [5, 5.41) is 9.89. The fourth-order valence-corrected chi connectivity index (χ4v) is 4.66. The molecule has 1 aromatic carbocycles. The second-order valence-corrected chi connectivity index (χ2v) is 8.34. The van der Waals surface area contributed by atoms with E-state index in [-0.39, 0.29) is 22.8 Å². The zero-order chi connectivity index (χ0) is 19.5. The molecule has 1 heterocycles. The van der Waals surface area contributed by atoms with Crippen molar-refractivity contribution in [2.45, 2.75) is 32.4 Å². The number of aromatic hydroxyl groups is 1. The monoisotopic (exact) mass is 385 g/mol. The highest BCUT2D eigenvalue weighted by molar-refractivity contribution is 7.91. The Hall–Kier alpha value is -2.29. The average Bonchev–Trinajstić information content (AvgIpc) is 2.94. The zero-order valence-corrected chi connectivity index (χ0v) is 15.8. The van der Waals surface area contributed by atoms with E-state index in [0.29, 0.717) is 18.7 Å². The van der Waals surface area contributed by atoms with Crippen molar-refractivity contribution in [2.75, 3.05) is 25.2 Å². The van der Waals surface area contributed by atoms with E-state index in [4.69, 9.17) is 9.47 Å². The van der Waals surface area contributed by atoms with E-state index in [1.165, 1.54) is 37.1 Å². The molecule has 1 aliphatic heterocycles. The van der Waals surface area contributed by atoms with E-state index in [0.717, 1.165) is 0 Å². The van der Waals surface area contributed by atoms with Gasteiger partial charge in [-0.15, -0.1) is 0 Å². The molecule has 0 aromatic heterocycles. The van der Waals surface area contributed by atoms with Crippen molar-refractivity contribution < 1.29 is 32.6 Å². The molecule has 1 aliphatic rings. The number of rotatable bonds is 6. The summed E-state index contributed by atoms with van der Waals surface area (Å²) in [6.45, 7) is 3.48. The Balaban J connectivity index is 2.06. The summed E-state index contributed by atoms with van der Waals surface area (Å²) >= 11 is 0. The number of sulfone groups is 1. The van der Waals surface area contributed by atoms with Gasteiger partial charge in [0.15, 0.2) is 15.9 Å². The smallest absolute Gasteiger partial charge is 0.342 e. The Kier molecular flexibility index (Phi) is 6.12. The number of hydrogen-bond acceptors (Lipinski definition) is 7. The summed E-state index contributed by atoms with van der Waals surface area (Å²) < 4.78 is 33.4. The number of carbonyl (C=O) groups excluding carboxylic acids is 2. The minimum atomic E-state index is -3.13. The molecule has 0 spiro atoms. The third kappa shape index (κ3) is 4.46. The lowest BCUT2D eigenvalue weighted by atomic mass is 10.2. The Bertz CT molecular complexity index is 790. The number of ether oxygens (including phenoxy) is 2. The van der Waals surface area contributed by atoms with E-state index >= 15 is 0 Å². The molecule has 0 saturated carbocycles. The van der Waals surface area contributed by atoms with Crippen LogP contribution >= 0.6 is 0 Å². The lowest BCUT2D eigenvalue weighted by molar-refractivity contribution is -0.141. The lowest BCUT2D eigenvalue weighted by Crippen LogP contribution is -2.46. The molecule has 1 fully saturated rings. The van der Waals surface area contributed by atoms with Gasteiger partial charge in [-0.2, -0.15) is 0 Å². The van der Waals surface area contributed by atoms with Crippen LogP contribution in [-0.4, -0.2) is 67.6 Å². The van der Waals surface area contributed by atoms with E-state index in [2.05, 4.69) is 0 Å². The van der Waals surface area contributed by atoms with Crippen LogP contribution in [0.15, 0.2) is 18.2 Å². The summed E-state index contributed by atoms with van der Waals surface area (Å²) in [5.74, 6) is -1.27. The van der Waals surface area contributed by atoms with Gasteiger partial charge < -0.3 is 19.5 Å². The van der Waals surface area contributed by atoms with Crippen LogP contribution in [-0.2, 0) is 19.4 Å². The number of methoxy groups -OCH3 is 1. The van der Waals surface area contributed by atoms with Crippen molar-refractivity contribution in [3.8, 4) is 11.5 Å². The van der Waals surface area contributed by atoms with Crippen molar-refractivity contribution in [3.05, 3.63) is 23.8 Å². The molecule has 0 aliphatic carbocycles. The predicted octanol–water partition coefficient (Wildman–Crippen LogP) is 0.982. The van der Waals surface area contributed by atoms with Crippen LogP contribution in [0.2, 0.25) is 0 Å². The summed E-state index contributed by atoms with van der Waals surface area (Å²) in [6, 6.07) is 3.69. The van der Waals surface area contributed by atoms with Gasteiger partial charge in [0.2, 0.25) is 0 Å². The highest BCUT2D eigenvalue weighted by atomic mass is 32.2. The first kappa shape index (κ1) is 20.0. The molecule has 2 unspecified atom stereocenters. The van der Waals surface area contributed by atoms with E-state index in [1.54, 1.807) is 6.92 Å². The summed E-state index contributed by atoms with van der Waals surface area (Å²) in [6.07, 6.45) is -0.728. The number of nitrogens with zero attached hydrogens (tertiary/aromatic N) is 1. The largest absolute Gasteiger partial charge is 0.507 e. The first-order chi connectivity index (χ1) is 12.2. The lowest BCUT2D eigenvalue weighted by Gasteiger charge is -2.29. The van der Waals surface area contributed by atoms with Crippen molar-refractivity contribution >= 4 is 21.7 Å². The maximum absolute atomic E-state index is 12.6. The Morgan fingerprint density at radius 3 is 2.58 bits per heavy atom. The van der Waals surface area contributed by atoms with Crippen LogP contribution in [0.4, 0.5) is 0 Å². The maximum atomic E-state index is 12.6. The average molecular weight is 385 g/mol. The molecule has 1 N–H and O–H groups in total. The minimum Gasteiger partial charge on any atom is -0.507 e. The van der Waals surface area contributed by atoms with E-state index in [1.807, 2.05) is 0 Å². The fraction of sp³-hybridized carbons (Fsp3) is 0.529. The molecule has 2 rings (SSSR count). The molecule has 0 radical (unpaired) electrons. The summed E-state index contributed by atoms with van der Waals surface area (Å²) in [7, 11) is -1.71. The Morgan fingerprint density at radius 1 is 1.38 bits per heavy atom. The van der Waals surface area contributed by atoms with Gasteiger partial charge in [0.25, 0.3) is 5.91 Å². The molecule has 2 atom stereocenters.